The number of rotatable bonds is 10. The summed E-state index contributed by atoms with van der Waals surface area (Å²) < 4.78 is 16.1. The van der Waals surface area contributed by atoms with Gasteiger partial charge >= 0.3 is 12.2 Å². The van der Waals surface area contributed by atoms with Crippen LogP contribution in [0.5, 0.6) is 5.75 Å². The molecule has 3 aliphatic rings. The Morgan fingerprint density at radius 1 is 0.891 bits per heavy atom. The van der Waals surface area contributed by atoms with Crippen molar-refractivity contribution in [3.05, 3.63) is 102 Å². The second-order valence-electron chi connectivity index (χ2n) is 17.3. The summed E-state index contributed by atoms with van der Waals surface area (Å²) in [4.78, 5) is 73.1. The predicted octanol–water partition coefficient (Wildman–Crippen LogP) is 7.08. The number of aromatic amines is 2. The van der Waals surface area contributed by atoms with Crippen molar-refractivity contribution in [3.8, 4) is 28.1 Å². The number of methoxy groups -OCH3 is 2. The number of aliphatic hydroxyl groups excluding tert-OH is 1. The number of aromatic nitrogens is 4. The molecule has 4 amide bonds. The molecular weight excluding hydrogens is 817 g/mol. The van der Waals surface area contributed by atoms with E-state index in [-0.39, 0.29) is 42.3 Å². The molecule has 0 radical (unpaired) electrons. The number of carbonyl (C=O) groups excluding carboxylic acids is 4. The number of benzene rings is 4. The Morgan fingerprint density at radius 3 is 2.42 bits per heavy atom. The number of imidazole rings is 2. The maximum atomic E-state index is 14.2. The van der Waals surface area contributed by atoms with E-state index >= 15 is 0 Å². The molecule has 2 aromatic heterocycles. The van der Waals surface area contributed by atoms with Gasteiger partial charge in [0.15, 0.2) is 0 Å². The van der Waals surface area contributed by atoms with Crippen LogP contribution in [0.3, 0.4) is 0 Å². The average molecular weight is 869 g/mol. The fourth-order valence-electron chi connectivity index (χ4n) is 9.60. The van der Waals surface area contributed by atoms with Gasteiger partial charge in [0.05, 0.1) is 49.2 Å². The topological polar surface area (TPSA) is 204 Å². The number of carbonyl (C=O) groups is 4. The van der Waals surface area contributed by atoms with E-state index in [0.717, 1.165) is 68.3 Å². The Labute approximate surface area is 369 Å². The van der Waals surface area contributed by atoms with Crippen LogP contribution in [0.25, 0.3) is 44.2 Å². The highest BCUT2D eigenvalue weighted by molar-refractivity contribution is 6.07. The van der Waals surface area contributed by atoms with Crippen molar-refractivity contribution in [1.82, 2.24) is 40.4 Å². The molecule has 16 heteroatoms. The van der Waals surface area contributed by atoms with Gasteiger partial charge in [-0.1, -0.05) is 62.4 Å². The summed E-state index contributed by atoms with van der Waals surface area (Å²) in [5.74, 6) is 1.23. The zero-order valence-corrected chi connectivity index (χ0v) is 36.4. The van der Waals surface area contributed by atoms with Gasteiger partial charge in [0.2, 0.25) is 5.91 Å². The molecule has 0 bridgehead atoms. The lowest BCUT2D eigenvalue weighted by Gasteiger charge is -2.32. The smallest absolute Gasteiger partial charge is 0.407 e. The maximum Gasteiger partial charge on any atom is 0.407 e. The van der Waals surface area contributed by atoms with E-state index in [9.17, 15) is 24.3 Å². The number of hydrogen-bond acceptors (Lipinski definition) is 10. The van der Waals surface area contributed by atoms with Crippen molar-refractivity contribution in [2.75, 3.05) is 27.4 Å². The highest BCUT2D eigenvalue weighted by Gasteiger charge is 2.43. The third-order valence-electron chi connectivity index (χ3n) is 13.0. The molecule has 4 aromatic carbocycles. The van der Waals surface area contributed by atoms with Gasteiger partial charge in [-0.25, -0.2) is 19.6 Å². The SMILES string of the molecule is COC(=O)N[C@H](C(=O)N1[C@@H](C)CC[C@H]1c1nc2c(ccc3cc4c(cc32)OCc2cc(-c3cnc([C@@H]5C[C@H](CO)CN5C(=O)[C@H](NC(=O)OC)c5ccccc5)[nH]3)ccc2-4)[nH]1)C(C)C. The van der Waals surface area contributed by atoms with Crippen LogP contribution in [0.2, 0.25) is 0 Å². The molecule has 0 aliphatic carbocycles. The van der Waals surface area contributed by atoms with Crippen LogP contribution in [-0.4, -0.2) is 98.3 Å². The molecule has 5 N–H and O–H groups in total. The molecule has 5 heterocycles. The van der Waals surface area contributed by atoms with E-state index in [2.05, 4.69) is 44.9 Å². The zero-order valence-electron chi connectivity index (χ0n) is 36.4. The number of H-pyrrole nitrogens is 2. The number of alkyl carbamates (subject to hydrolysis) is 2. The number of aliphatic hydroxyl groups is 1. The molecule has 9 rings (SSSR count). The monoisotopic (exact) mass is 868 g/mol. The van der Waals surface area contributed by atoms with Crippen LogP contribution >= 0.6 is 0 Å². The van der Waals surface area contributed by atoms with E-state index in [0.29, 0.717) is 36.8 Å². The van der Waals surface area contributed by atoms with Crippen molar-refractivity contribution in [1.29, 1.82) is 0 Å². The van der Waals surface area contributed by atoms with Crippen LogP contribution in [0, 0.1) is 11.8 Å². The van der Waals surface area contributed by atoms with Gasteiger partial charge in [-0.3, -0.25) is 9.59 Å². The molecule has 332 valence electrons. The minimum absolute atomic E-state index is 0.0381. The summed E-state index contributed by atoms with van der Waals surface area (Å²) in [5.41, 5.74) is 6.93. The van der Waals surface area contributed by atoms with Crippen LogP contribution < -0.4 is 15.4 Å². The van der Waals surface area contributed by atoms with E-state index in [1.165, 1.54) is 14.2 Å². The third-order valence-corrected chi connectivity index (χ3v) is 13.0. The molecule has 0 saturated carbocycles. The number of hydrogen-bond donors (Lipinski definition) is 5. The first-order chi connectivity index (χ1) is 31.0. The summed E-state index contributed by atoms with van der Waals surface area (Å²) in [7, 11) is 2.54. The number of likely N-dealkylation sites (tertiary alicyclic amines) is 2. The van der Waals surface area contributed by atoms with Gasteiger partial charge in [0.1, 0.15) is 36.1 Å². The number of fused-ring (bicyclic) bond motifs is 6. The molecule has 6 aromatic rings. The highest BCUT2D eigenvalue weighted by Crippen LogP contribution is 2.44. The van der Waals surface area contributed by atoms with E-state index in [4.69, 9.17) is 24.2 Å². The second kappa shape index (κ2) is 17.3. The van der Waals surface area contributed by atoms with Gasteiger partial charge in [-0.2, -0.15) is 0 Å². The molecular formula is C48H52N8O8. The number of ether oxygens (including phenoxy) is 3. The van der Waals surface area contributed by atoms with E-state index in [1.54, 1.807) is 35.4 Å². The highest BCUT2D eigenvalue weighted by atomic mass is 16.5. The van der Waals surface area contributed by atoms with Crippen LogP contribution in [-0.2, 0) is 25.7 Å². The Morgan fingerprint density at radius 2 is 1.67 bits per heavy atom. The number of nitrogens with zero attached hydrogens (tertiary/aromatic N) is 4. The Hall–Kier alpha value is -6.94. The maximum absolute atomic E-state index is 14.2. The number of amides is 4. The lowest BCUT2D eigenvalue weighted by Crippen LogP contribution is -2.52. The van der Waals surface area contributed by atoms with Crippen LogP contribution in [0.1, 0.15) is 80.9 Å². The first kappa shape index (κ1) is 42.4. The molecule has 2 fully saturated rings. The van der Waals surface area contributed by atoms with Crippen LogP contribution in [0.15, 0.2) is 79.0 Å². The fourth-order valence-corrected chi connectivity index (χ4v) is 9.60. The summed E-state index contributed by atoms with van der Waals surface area (Å²) in [5, 5.41) is 17.5. The van der Waals surface area contributed by atoms with E-state index < -0.39 is 30.3 Å². The van der Waals surface area contributed by atoms with Gasteiger partial charge < -0.3 is 49.7 Å². The summed E-state index contributed by atoms with van der Waals surface area (Å²) in [6.45, 7) is 6.38. The molecule has 16 nitrogen and oxygen atoms in total. The van der Waals surface area contributed by atoms with Crippen molar-refractivity contribution in [2.45, 2.75) is 76.8 Å². The largest absolute Gasteiger partial charge is 0.488 e. The normalized spacial score (nSPS) is 20.1. The van der Waals surface area contributed by atoms with Crippen molar-refractivity contribution in [3.63, 3.8) is 0 Å². The zero-order chi connectivity index (χ0) is 44.8. The first-order valence-electron chi connectivity index (χ1n) is 21.7. The van der Waals surface area contributed by atoms with E-state index in [1.807, 2.05) is 49.9 Å². The van der Waals surface area contributed by atoms with Crippen molar-refractivity contribution < 1.29 is 38.5 Å². The lowest BCUT2D eigenvalue weighted by atomic mass is 9.92. The molecule has 6 atom stereocenters. The third kappa shape index (κ3) is 7.75. The van der Waals surface area contributed by atoms with Gasteiger partial charge in [-0.05, 0) is 84.0 Å². The van der Waals surface area contributed by atoms with Gasteiger partial charge in [0, 0.05) is 36.1 Å². The molecule has 0 unspecified atom stereocenters. The van der Waals surface area contributed by atoms with Crippen molar-refractivity contribution in [2.24, 2.45) is 11.8 Å². The summed E-state index contributed by atoms with van der Waals surface area (Å²) in [6.07, 6.45) is 2.43. The summed E-state index contributed by atoms with van der Waals surface area (Å²) >= 11 is 0. The Bertz CT molecular complexity index is 2750. The molecule has 0 spiro atoms. The minimum Gasteiger partial charge on any atom is -0.488 e. The molecule has 2 saturated heterocycles. The minimum atomic E-state index is -0.989. The number of nitrogens with one attached hydrogen (secondary N) is 4. The second-order valence-corrected chi connectivity index (χ2v) is 17.3. The van der Waals surface area contributed by atoms with Crippen molar-refractivity contribution >= 4 is 45.8 Å². The molecule has 64 heavy (non-hydrogen) atoms. The lowest BCUT2D eigenvalue weighted by molar-refractivity contribution is -0.137. The average Bonchev–Trinajstić information content (AvgIpc) is 4.14. The first-order valence-corrected chi connectivity index (χ1v) is 21.7. The van der Waals surface area contributed by atoms with Gasteiger partial charge in [0.25, 0.3) is 5.91 Å². The van der Waals surface area contributed by atoms with Crippen LogP contribution in [0.4, 0.5) is 9.59 Å². The Balaban J connectivity index is 0.972. The summed E-state index contributed by atoms with van der Waals surface area (Å²) in [6, 6.07) is 21.0. The quantitative estimate of drug-likeness (QED) is 0.0947. The Kier molecular flexibility index (Phi) is 11.5. The predicted molar refractivity (Wildman–Crippen MR) is 238 cm³/mol. The fraction of sp³-hybridized carbons (Fsp3) is 0.375. The van der Waals surface area contributed by atoms with Gasteiger partial charge in [-0.15, -0.1) is 0 Å². The molecule has 3 aliphatic heterocycles. The standard InChI is InChI=1S/C48H52N8O8/c1-25(2)40(53-47(60)62-4)46(59)56-26(3)11-16-37(56)44-50-35-15-13-29-19-34-32-14-12-30(18-31(32)24-64-39(34)20-33(29)42(35)52-44)36-21-49-43(51-36)38-17-27(23-57)22-55(38)45(58)41(54-48(61)63-5)28-9-7-6-8-10-28/h6-10,12-15,18-21,25-27,37-38,40-41,57H,11,16-17,22-24H2,1-5H3,(H,49,51)(H,50,52)(H,53,60)(H,54,61)/t26-,27-,37-,38-,40-,41+/m0/s1.